The van der Waals surface area contributed by atoms with E-state index in [4.69, 9.17) is 4.74 Å². The van der Waals surface area contributed by atoms with Gasteiger partial charge >= 0.3 is 0 Å². The Kier molecular flexibility index (Phi) is 4.28. The lowest BCUT2D eigenvalue weighted by Gasteiger charge is -2.08. The zero-order chi connectivity index (χ0) is 12.8. The Balaban J connectivity index is 3.05. The van der Waals surface area contributed by atoms with E-state index in [9.17, 15) is 14.7 Å². The van der Waals surface area contributed by atoms with E-state index in [2.05, 4.69) is 5.32 Å². The third kappa shape index (κ3) is 3.98. The molecule has 1 aromatic rings. The molecule has 0 saturated carbocycles. The summed E-state index contributed by atoms with van der Waals surface area (Å²) in [5, 5.41) is 12.9. The van der Waals surface area contributed by atoms with E-state index in [0.717, 1.165) is 6.08 Å². The molecule has 1 N–H and O–H groups in total. The summed E-state index contributed by atoms with van der Waals surface area (Å²) in [7, 11) is 1.48. The summed E-state index contributed by atoms with van der Waals surface area (Å²) in [5.41, 5.74) is 1.11. The predicted molar refractivity (Wildman–Crippen MR) is 61.3 cm³/mol. The number of anilines is 1. The molecule has 1 aromatic carbocycles. The van der Waals surface area contributed by atoms with Gasteiger partial charge in [-0.25, -0.2) is 0 Å². The molecule has 0 fully saturated rings. The maximum atomic E-state index is 10.9. The van der Waals surface area contributed by atoms with Gasteiger partial charge in [-0.2, -0.15) is 0 Å². The van der Waals surface area contributed by atoms with E-state index in [1.807, 2.05) is 0 Å². The zero-order valence-corrected chi connectivity index (χ0v) is 9.52. The van der Waals surface area contributed by atoms with Crippen molar-refractivity contribution in [3.8, 4) is 5.75 Å². The lowest BCUT2D eigenvalue weighted by molar-refractivity contribution is -0.297. The van der Waals surface area contributed by atoms with Gasteiger partial charge in [-0.1, -0.05) is 0 Å². The molecule has 1 rings (SSSR count). The van der Waals surface area contributed by atoms with Crippen molar-refractivity contribution in [3.63, 3.8) is 0 Å². The number of aliphatic carboxylic acids is 1. The average Bonchev–Trinajstić information content (AvgIpc) is 2.25. The second kappa shape index (κ2) is 5.69. The number of methoxy groups -OCH3 is 1. The lowest BCUT2D eigenvalue weighted by atomic mass is 10.1. The predicted octanol–water partition coefficient (Wildman–Crippen LogP) is 0.417. The van der Waals surface area contributed by atoms with Gasteiger partial charge in [0.15, 0.2) is 0 Å². The second-order valence-electron chi connectivity index (χ2n) is 3.29. The Morgan fingerprint density at radius 1 is 1.41 bits per heavy atom. The van der Waals surface area contributed by atoms with Crippen LogP contribution in [0.2, 0.25) is 0 Å². The van der Waals surface area contributed by atoms with Crippen LogP contribution < -0.4 is 15.2 Å². The van der Waals surface area contributed by atoms with Crippen LogP contribution in [0.4, 0.5) is 5.69 Å². The van der Waals surface area contributed by atoms with Gasteiger partial charge in [0.25, 0.3) is 0 Å². The fourth-order valence-electron chi connectivity index (χ4n) is 1.30. The van der Waals surface area contributed by atoms with Gasteiger partial charge in [0.1, 0.15) is 5.75 Å². The number of hydrogen-bond donors (Lipinski definition) is 1. The summed E-state index contributed by atoms with van der Waals surface area (Å²) in [6, 6.07) is 4.91. The number of benzene rings is 1. The molecule has 0 radical (unpaired) electrons. The van der Waals surface area contributed by atoms with Crippen LogP contribution in [-0.4, -0.2) is 19.0 Å². The van der Waals surface area contributed by atoms with E-state index in [1.54, 1.807) is 18.2 Å². The van der Waals surface area contributed by atoms with Crippen LogP contribution in [0.25, 0.3) is 6.08 Å². The normalized spacial score (nSPS) is 10.2. The Bertz CT molecular complexity index is 466. The Labute approximate surface area is 98.7 Å². The summed E-state index contributed by atoms with van der Waals surface area (Å²) in [5.74, 6) is -0.987. The largest absolute Gasteiger partial charge is 0.545 e. The van der Waals surface area contributed by atoms with Crippen molar-refractivity contribution in [2.24, 2.45) is 0 Å². The Morgan fingerprint density at radius 3 is 2.65 bits per heavy atom. The van der Waals surface area contributed by atoms with Crippen LogP contribution in [-0.2, 0) is 9.59 Å². The number of amides is 1. The number of carboxylic acid groups (broad SMARTS) is 1. The summed E-state index contributed by atoms with van der Waals surface area (Å²) in [4.78, 5) is 21.2. The second-order valence-corrected chi connectivity index (χ2v) is 3.29. The van der Waals surface area contributed by atoms with E-state index in [-0.39, 0.29) is 5.91 Å². The first-order valence-electron chi connectivity index (χ1n) is 4.87. The van der Waals surface area contributed by atoms with Gasteiger partial charge in [0.2, 0.25) is 5.91 Å². The molecule has 0 aliphatic rings. The average molecular weight is 234 g/mol. The number of carbonyl (C=O) groups is 2. The van der Waals surface area contributed by atoms with Crippen molar-refractivity contribution in [1.29, 1.82) is 0 Å². The standard InChI is InChI=1S/C12H13NO4/c1-8(14)13-10-4-5-11(17-2)9(7-10)3-6-12(15)16/h3-7H,1-2H3,(H,13,14)(H,15,16)/p-1/b6-3+. The molecule has 0 atom stereocenters. The highest BCUT2D eigenvalue weighted by Gasteiger charge is 2.02. The topological polar surface area (TPSA) is 78.5 Å². The smallest absolute Gasteiger partial charge is 0.221 e. The van der Waals surface area contributed by atoms with Gasteiger partial charge < -0.3 is 20.0 Å². The fraction of sp³-hybridized carbons (Fsp3) is 0.167. The number of rotatable bonds is 4. The van der Waals surface area contributed by atoms with Crippen LogP contribution in [0.1, 0.15) is 12.5 Å². The third-order valence-corrected chi connectivity index (χ3v) is 1.95. The summed E-state index contributed by atoms with van der Waals surface area (Å²) in [6.45, 7) is 1.39. The highest BCUT2D eigenvalue weighted by molar-refractivity contribution is 5.90. The monoisotopic (exact) mass is 234 g/mol. The maximum Gasteiger partial charge on any atom is 0.221 e. The maximum absolute atomic E-state index is 10.9. The molecular formula is C12H12NO4-. The number of ether oxygens (including phenoxy) is 1. The molecule has 5 nitrogen and oxygen atoms in total. The van der Waals surface area contributed by atoms with E-state index >= 15 is 0 Å². The van der Waals surface area contributed by atoms with Crippen LogP contribution in [0.5, 0.6) is 5.75 Å². The minimum atomic E-state index is -1.29. The summed E-state index contributed by atoms with van der Waals surface area (Å²) >= 11 is 0. The van der Waals surface area contributed by atoms with Crippen molar-refractivity contribution in [2.75, 3.05) is 12.4 Å². The molecular weight excluding hydrogens is 222 g/mol. The van der Waals surface area contributed by atoms with Crippen LogP contribution in [0, 0.1) is 0 Å². The highest BCUT2D eigenvalue weighted by atomic mass is 16.5. The first-order chi connectivity index (χ1) is 8.02. The number of carboxylic acids is 1. The summed E-state index contributed by atoms with van der Waals surface area (Å²) in [6.07, 6.45) is 2.24. The van der Waals surface area contributed by atoms with Crippen molar-refractivity contribution in [1.82, 2.24) is 0 Å². The molecule has 0 unspecified atom stereocenters. The zero-order valence-electron chi connectivity index (χ0n) is 9.52. The molecule has 0 saturated heterocycles. The van der Waals surface area contributed by atoms with Gasteiger partial charge in [0.05, 0.1) is 13.1 Å². The van der Waals surface area contributed by atoms with Crippen molar-refractivity contribution in [2.45, 2.75) is 6.92 Å². The van der Waals surface area contributed by atoms with E-state index in [0.29, 0.717) is 17.0 Å². The van der Waals surface area contributed by atoms with Crippen LogP contribution in [0.3, 0.4) is 0 Å². The van der Waals surface area contributed by atoms with Crippen LogP contribution in [0.15, 0.2) is 24.3 Å². The molecule has 0 aliphatic heterocycles. The third-order valence-electron chi connectivity index (χ3n) is 1.95. The van der Waals surface area contributed by atoms with Crippen LogP contribution >= 0.6 is 0 Å². The molecule has 0 aliphatic carbocycles. The van der Waals surface area contributed by atoms with Gasteiger partial charge in [-0.15, -0.1) is 0 Å². The quantitative estimate of drug-likeness (QED) is 0.765. The number of hydrogen-bond acceptors (Lipinski definition) is 4. The number of nitrogens with one attached hydrogen (secondary N) is 1. The molecule has 1 amide bonds. The number of carbonyl (C=O) groups excluding carboxylic acids is 2. The van der Waals surface area contributed by atoms with Gasteiger partial charge in [-0.05, 0) is 30.4 Å². The first kappa shape index (κ1) is 12.8. The molecule has 0 bridgehead atoms. The summed E-state index contributed by atoms with van der Waals surface area (Å²) < 4.78 is 5.06. The Hall–Kier alpha value is -2.30. The molecule has 0 spiro atoms. The van der Waals surface area contributed by atoms with Gasteiger partial charge in [-0.3, -0.25) is 4.79 Å². The van der Waals surface area contributed by atoms with Crippen molar-refractivity contribution < 1.29 is 19.4 Å². The van der Waals surface area contributed by atoms with Gasteiger partial charge in [0, 0.05) is 18.2 Å². The minimum Gasteiger partial charge on any atom is -0.545 e. The molecule has 17 heavy (non-hydrogen) atoms. The van der Waals surface area contributed by atoms with Crippen molar-refractivity contribution >= 4 is 23.6 Å². The fourth-order valence-corrected chi connectivity index (χ4v) is 1.30. The SMILES string of the molecule is COc1ccc(NC(C)=O)cc1/C=C/C(=O)[O-]. The molecule has 0 aromatic heterocycles. The first-order valence-corrected chi connectivity index (χ1v) is 4.87. The minimum absolute atomic E-state index is 0.204. The molecule has 5 heteroatoms. The van der Waals surface area contributed by atoms with E-state index in [1.165, 1.54) is 20.1 Å². The lowest BCUT2D eigenvalue weighted by Crippen LogP contribution is -2.18. The molecule has 90 valence electrons. The highest BCUT2D eigenvalue weighted by Crippen LogP contribution is 2.23. The van der Waals surface area contributed by atoms with E-state index < -0.39 is 5.97 Å². The Morgan fingerprint density at radius 2 is 2.12 bits per heavy atom. The van der Waals surface area contributed by atoms with Crippen molar-refractivity contribution in [3.05, 3.63) is 29.8 Å². The molecule has 0 heterocycles.